The molecule has 1 N–H and O–H groups in total. The van der Waals surface area contributed by atoms with Gasteiger partial charge < -0.3 is 9.72 Å². The van der Waals surface area contributed by atoms with E-state index >= 15 is 0 Å². The van der Waals surface area contributed by atoms with Gasteiger partial charge in [-0.1, -0.05) is 24.3 Å². The smallest absolute Gasteiger partial charge is 0.141 e. The summed E-state index contributed by atoms with van der Waals surface area (Å²) in [7, 11) is 0. The van der Waals surface area contributed by atoms with Gasteiger partial charge in [-0.3, -0.25) is 4.90 Å². The van der Waals surface area contributed by atoms with E-state index in [1.165, 1.54) is 5.56 Å². The number of ether oxygens (including phenoxy) is 1. The monoisotopic (exact) mass is 308 g/mol. The number of benzene rings is 1. The van der Waals surface area contributed by atoms with Gasteiger partial charge in [0.25, 0.3) is 0 Å². The zero-order chi connectivity index (χ0) is 15.6. The van der Waals surface area contributed by atoms with Crippen LogP contribution < -0.4 is 0 Å². The zero-order valence-corrected chi connectivity index (χ0v) is 13.2. The number of H-pyrrole nitrogens is 1. The summed E-state index contributed by atoms with van der Waals surface area (Å²) in [5.74, 6) is 0. The third kappa shape index (κ3) is 2.73. The van der Waals surface area contributed by atoms with Crippen molar-refractivity contribution < 1.29 is 4.74 Å². The Bertz CT molecular complexity index is 790. The summed E-state index contributed by atoms with van der Waals surface area (Å²) in [4.78, 5) is 14.3. The van der Waals surface area contributed by atoms with Crippen LogP contribution >= 0.6 is 0 Å². The quantitative estimate of drug-likeness (QED) is 0.808. The molecule has 1 fully saturated rings. The Morgan fingerprint density at radius 2 is 1.87 bits per heavy atom. The van der Waals surface area contributed by atoms with Gasteiger partial charge >= 0.3 is 0 Å². The number of fused-ring (bicyclic) bond motifs is 1. The third-order valence-electron chi connectivity index (χ3n) is 4.61. The van der Waals surface area contributed by atoms with Crippen molar-refractivity contribution in [2.24, 2.45) is 0 Å². The largest absolute Gasteiger partial charge is 0.379 e. The molecule has 1 saturated heterocycles. The first-order valence-corrected chi connectivity index (χ1v) is 8.03. The van der Waals surface area contributed by atoms with Gasteiger partial charge in [0.2, 0.25) is 0 Å². The van der Waals surface area contributed by atoms with Crippen LogP contribution in [0.2, 0.25) is 0 Å². The van der Waals surface area contributed by atoms with Gasteiger partial charge in [0.1, 0.15) is 12.0 Å². The number of nitrogens with one attached hydrogen (secondary N) is 1. The van der Waals surface area contributed by atoms with E-state index in [0.29, 0.717) is 6.04 Å². The van der Waals surface area contributed by atoms with E-state index in [-0.39, 0.29) is 0 Å². The molecule has 4 rings (SSSR count). The minimum Gasteiger partial charge on any atom is -0.379 e. The van der Waals surface area contributed by atoms with Crippen LogP contribution in [0.3, 0.4) is 0 Å². The Balaban J connectivity index is 1.61. The lowest BCUT2D eigenvalue weighted by Gasteiger charge is -2.32. The second-order valence-electron chi connectivity index (χ2n) is 5.91. The van der Waals surface area contributed by atoms with E-state index in [1.807, 2.05) is 12.3 Å². The molecule has 0 bridgehead atoms. The van der Waals surface area contributed by atoms with Crippen molar-refractivity contribution in [1.82, 2.24) is 19.9 Å². The van der Waals surface area contributed by atoms with Gasteiger partial charge in [-0.25, -0.2) is 9.97 Å². The number of nitrogens with zero attached hydrogens (tertiary/aromatic N) is 3. The summed E-state index contributed by atoms with van der Waals surface area (Å²) in [5, 5.41) is 1.06. The zero-order valence-electron chi connectivity index (χ0n) is 13.2. The lowest BCUT2D eigenvalue weighted by atomic mass is 10.0. The van der Waals surface area contributed by atoms with E-state index in [1.54, 1.807) is 6.33 Å². The van der Waals surface area contributed by atoms with Crippen LogP contribution in [-0.4, -0.2) is 46.2 Å². The molecule has 1 aromatic carbocycles. The summed E-state index contributed by atoms with van der Waals surface area (Å²) in [6, 6.07) is 11.1. The molecule has 3 aromatic rings. The highest BCUT2D eigenvalue weighted by atomic mass is 16.5. The molecule has 0 saturated carbocycles. The maximum absolute atomic E-state index is 5.44. The van der Waals surface area contributed by atoms with Gasteiger partial charge in [-0.2, -0.15) is 0 Å². The van der Waals surface area contributed by atoms with Gasteiger partial charge in [0.15, 0.2) is 0 Å². The van der Waals surface area contributed by atoms with Crippen molar-refractivity contribution >= 4 is 11.0 Å². The Morgan fingerprint density at radius 3 is 2.65 bits per heavy atom. The van der Waals surface area contributed by atoms with E-state index < -0.39 is 0 Å². The average molecular weight is 308 g/mol. The maximum atomic E-state index is 5.44. The summed E-state index contributed by atoms with van der Waals surface area (Å²) < 4.78 is 5.44. The molecule has 0 radical (unpaired) electrons. The molecule has 1 aliphatic heterocycles. The average Bonchev–Trinajstić information content (AvgIpc) is 3.11. The normalized spacial score (nSPS) is 17.4. The van der Waals surface area contributed by atoms with Crippen molar-refractivity contribution in [3.8, 4) is 11.3 Å². The first-order chi connectivity index (χ1) is 11.3. The van der Waals surface area contributed by atoms with Gasteiger partial charge in [-0.15, -0.1) is 0 Å². The Hall–Kier alpha value is -2.24. The summed E-state index contributed by atoms with van der Waals surface area (Å²) in [5.41, 5.74) is 4.30. The van der Waals surface area contributed by atoms with E-state index in [4.69, 9.17) is 4.74 Å². The summed E-state index contributed by atoms with van der Waals surface area (Å²) >= 11 is 0. The van der Waals surface area contributed by atoms with Crippen molar-refractivity contribution in [3.63, 3.8) is 0 Å². The van der Waals surface area contributed by atoms with Crippen LogP contribution in [0.1, 0.15) is 18.5 Å². The van der Waals surface area contributed by atoms with E-state index in [2.05, 4.69) is 51.0 Å². The number of aromatic amines is 1. The molecule has 5 nitrogen and oxygen atoms in total. The van der Waals surface area contributed by atoms with Crippen molar-refractivity contribution in [1.29, 1.82) is 0 Å². The van der Waals surface area contributed by atoms with Crippen LogP contribution in [-0.2, 0) is 4.74 Å². The van der Waals surface area contributed by atoms with Crippen LogP contribution in [0, 0.1) is 0 Å². The Labute approximate surface area is 135 Å². The Kier molecular flexibility index (Phi) is 3.81. The molecular formula is C18H20N4O. The molecule has 1 atom stereocenters. The van der Waals surface area contributed by atoms with Gasteiger partial charge in [-0.05, 0) is 18.6 Å². The molecule has 23 heavy (non-hydrogen) atoms. The molecule has 0 spiro atoms. The highest BCUT2D eigenvalue weighted by Crippen LogP contribution is 2.27. The van der Waals surface area contributed by atoms with E-state index in [9.17, 15) is 0 Å². The SMILES string of the molecule is CC(c1ccc(-c2ncnc3[nH]ccc23)cc1)N1CCOCC1. The lowest BCUT2D eigenvalue weighted by molar-refractivity contribution is 0.0198. The molecular weight excluding hydrogens is 288 g/mol. The standard InChI is InChI=1S/C18H20N4O/c1-13(22-8-10-23-11-9-22)14-2-4-15(5-3-14)17-16-6-7-19-18(16)21-12-20-17/h2-7,12-13H,8-11H2,1H3,(H,19,20,21). The fraction of sp³-hybridized carbons (Fsp3) is 0.333. The van der Waals surface area contributed by atoms with Crippen LogP contribution in [0.15, 0.2) is 42.9 Å². The predicted molar refractivity (Wildman–Crippen MR) is 90.1 cm³/mol. The topological polar surface area (TPSA) is 54.0 Å². The molecule has 118 valence electrons. The first kappa shape index (κ1) is 14.4. The third-order valence-corrected chi connectivity index (χ3v) is 4.61. The number of aromatic nitrogens is 3. The van der Waals surface area contributed by atoms with Crippen molar-refractivity contribution in [3.05, 3.63) is 48.4 Å². The second-order valence-corrected chi connectivity index (χ2v) is 5.91. The lowest BCUT2D eigenvalue weighted by Crippen LogP contribution is -2.37. The summed E-state index contributed by atoms with van der Waals surface area (Å²) in [6.07, 6.45) is 3.51. The number of hydrogen-bond acceptors (Lipinski definition) is 4. The highest BCUT2D eigenvalue weighted by molar-refractivity contribution is 5.90. The minimum absolute atomic E-state index is 0.408. The Morgan fingerprint density at radius 1 is 1.09 bits per heavy atom. The molecule has 5 heteroatoms. The molecule has 1 unspecified atom stereocenters. The second kappa shape index (κ2) is 6.10. The van der Waals surface area contributed by atoms with Gasteiger partial charge in [0.05, 0.1) is 18.9 Å². The molecule has 2 aromatic heterocycles. The molecule has 1 aliphatic rings. The van der Waals surface area contributed by atoms with Crippen molar-refractivity contribution in [2.75, 3.05) is 26.3 Å². The number of rotatable bonds is 3. The van der Waals surface area contributed by atoms with E-state index in [0.717, 1.165) is 48.6 Å². The van der Waals surface area contributed by atoms with Gasteiger partial charge in [0, 0.05) is 36.3 Å². The molecule has 3 heterocycles. The fourth-order valence-corrected chi connectivity index (χ4v) is 3.20. The summed E-state index contributed by atoms with van der Waals surface area (Å²) in [6.45, 7) is 5.91. The van der Waals surface area contributed by atoms with Crippen LogP contribution in [0.5, 0.6) is 0 Å². The molecule has 0 amide bonds. The minimum atomic E-state index is 0.408. The number of hydrogen-bond donors (Lipinski definition) is 1. The molecule has 0 aliphatic carbocycles. The number of morpholine rings is 1. The van der Waals surface area contributed by atoms with Crippen LogP contribution in [0.4, 0.5) is 0 Å². The first-order valence-electron chi connectivity index (χ1n) is 8.03. The maximum Gasteiger partial charge on any atom is 0.141 e. The van der Waals surface area contributed by atoms with Crippen LogP contribution in [0.25, 0.3) is 22.3 Å². The highest BCUT2D eigenvalue weighted by Gasteiger charge is 2.18. The predicted octanol–water partition coefficient (Wildman–Crippen LogP) is 3.02. The fourth-order valence-electron chi connectivity index (χ4n) is 3.20. The van der Waals surface area contributed by atoms with Crippen molar-refractivity contribution in [2.45, 2.75) is 13.0 Å².